The summed E-state index contributed by atoms with van der Waals surface area (Å²) in [5.41, 5.74) is 9.93. The van der Waals surface area contributed by atoms with Gasteiger partial charge in [0, 0.05) is 59.9 Å². The van der Waals surface area contributed by atoms with E-state index >= 15 is 0 Å². The quantitative estimate of drug-likeness (QED) is 0.218. The van der Waals surface area contributed by atoms with Crippen LogP contribution in [0.5, 0.6) is 0 Å². The van der Waals surface area contributed by atoms with Crippen LogP contribution in [-0.4, -0.2) is 60.7 Å². The fourth-order valence-corrected chi connectivity index (χ4v) is 3.86. The van der Waals surface area contributed by atoms with Crippen LogP contribution in [0.25, 0.3) is 33.4 Å². The molecule has 0 radical (unpaired) electrons. The second kappa shape index (κ2) is 14.3. The lowest BCUT2D eigenvalue weighted by atomic mass is 9.90. The van der Waals surface area contributed by atoms with Crippen molar-refractivity contribution in [1.29, 1.82) is 5.41 Å². The highest BCUT2D eigenvalue weighted by atomic mass is 32.2. The molecular weight excluding hydrogens is 566 g/mol. The van der Waals surface area contributed by atoms with Crippen molar-refractivity contribution in [2.75, 3.05) is 19.3 Å². The maximum absolute atomic E-state index is 13.3. The molecule has 1 aliphatic heterocycles. The minimum Gasteiger partial charge on any atom is -0.481 e. The third-order valence-electron chi connectivity index (χ3n) is 5.40. The van der Waals surface area contributed by atoms with Gasteiger partial charge in [-0.05, 0) is 42.3 Å². The molecule has 4 rings (SSSR count). The smallest absolute Gasteiger partial charge is 0.425 e. The molecule has 13 nitrogen and oxygen atoms in total. The van der Waals surface area contributed by atoms with Gasteiger partial charge in [-0.1, -0.05) is 18.2 Å². The number of benzene rings is 3. The van der Waals surface area contributed by atoms with E-state index in [1.165, 1.54) is 0 Å². The fraction of sp³-hybridized carbons (Fsp3) is 0.160. The normalized spacial score (nSPS) is 10.0. The molecule has 210 valence electrons. The summed E-state index contributed by atoms with van der Waals surface area (Å²) in [6, 6.07) is 17.9. The average Bonchev–Trinajstić information content (AvgIpc) is 2.85. The van der Waals surface area contributed by atoms with Gasteiger partial charge < -0.3 is 25.6 Å². The summed E-state index contributed by atoms with van der Waals surface area (Å²) in [7, 11) is -4.55. The van der Waals surface area contributed by atoms with E-state index in [0.717, 1.165) is 22.1 Å². The second-order valence-electron chi connectivity index (χ2n) is 8.12. The Kier molecular flexibility index (Phi) is 11.2. The van der Waals surface area contributed by atoms with E-state index in [1.54, 1.807) is 48.3 Å². The monoisotopic (exact) mass is 589 g/mol. The molecule has 0 spiro atoms. The number of nitrogens with two attached hydrogens (primary N) is 1. The highest BCUT2D eigenvalue weighted by molar-refractivity contribution is 7.59. The van der Waals surface area contributed by atoms with Gasteiger partial charge in [-0.25, -0.2) is 0 Å². The number of amides is 1. The Labute approximate surface area is 230 Å². The Hall–Kier alpha value is -4.89. The summed E-state index contributed by atoms with van der Waals surface area (Å²) in [6.07, 6.45) is 0.382. The number of carboxylic acids is 1. The molecule has 0 fully saturated rings. The molecule has 2 aromatic rings. The molecule has 4 N–H and O–H groups in total. The van der Waals surface area contributed by atoms with Crippen LogP contribution >= 0.6 is 0 Å². The Balaban J connectivity index is 0.000000621. The number of hydrogen-bond acceptors (Lipinski definition) is 11. The minimum absolute atomic E-state index is 0.00557. The fourth-order valence-electron chi connectivity index (χ4n) is 3.86. The predicted molar refractivity (Wildman–Crippen MR) is 142 cm³/mol. The molecule has 2 aliphatic rings. The van der Waals surface area contributed by atoms with Gasteiger partial charge in [-0.2, -0.15) is 0 Å². The molecule has 15 heteroatoms. The molecule has 40 heavy (non-hydrogen) atoms. The van der Waals surface area contributed by atoms with Crippen molar-refractivity contribution in [1.82, 2.24) is 4.90 Å². The number of nitrogen functional groups attached to an aromatic ring is 1. The molecule has 1 amide bonds. The number of rotatable bonds is 6. The topological polar surface area (TPSA) is 223 Å². The Morgan fingerprint density at radius 1 is 0.925 bits per heavy atom. The number of carbonyl (C=O) groups excluding carboxylic acids is 1. The van der Waals surface area contributed by atoms with Crippen molar-refractivity contribution in [3.8, 4) is 22.5 Å². The highest BCUT2D eigenvalue weighted by Crippen LogP contribution is 2.41. The van der Waals surface area contributed by atoms with Crippen molar-refractivity contribution in [3.63, 3.8) is 0 Å². The van der Waals surface area contributed by atoms with Gasteiger partial charge in [-0.3, -0.25) is 9.59 Å². The molecule has 1 aliphatic carbocycles. The molecule has 0 saturated heterocycles. The Morgan fingerprint density at radius 2 is 1.55 bits per heavy atom. The van der Waals surface area contributed by atoms with Gasteiger partial charge in [0.2, 0.25) is 0 Å². The maximum atomic E-state index is 13.3. The number of hydrogen-bond donors (Lipinski definition) is 3. The van der Waals surface area contributed by atoms with Crippen molar-refractivity contribution < 1.29 is 44.4 Å². The van der Waals surface area contributed by atoms with Gasteiger partial charge in [0.05, 0.1) is 5.36 Å². The number of carboxylic acid groups (broad SMARTS) is 1. The zero-order valence-corrected chi connectivity index (χ0v) is 22.5. The number of nitrogens with one attached hydrogen (secondary N) is 1. The molecule has 0 bridgehead atoms. The van der Waals surface area contributed by atoms with E-state index in [2.05, 4.69) is 0 Å². The summed E-state index contributed by atoms with van der Waals surface area (Å²) >= 11 is 0. The van der Waals surface area contributed by atoms with Gasteiger partial charge >= 0.3 is 27.2 Å². The standard InChI is InChI=1S/C25H23N3O4.2O3S/c1-28(12-4-7-23(29)30)25(31)18-6-3-2-5-17(18)24-19-10-8-15(26)13-21(19)32-22-14-16(27)9-11-20(22)24;2*1-4(2)3/h2-3,5-6,8-11,13-14,26H,4,7,12,27H2,1H3,(H,29,30);;. The van der Waals surface area contributed by atoms with Crippen molar-refractivity contribution >= 4 is 49.8 Å². The largest absolute Gasteiger partial charge is 0.481 e. The summed E-state index contributed by atoms with van der Waals surface area (Å²) in [5.74, 6) is -0.548. The van der Waals surface area contributed by atoms with Crippen molar-refractivity contribution in [2.24, 2.45) is 0 Å². The number of anilines is 1. The van der Waals surface area contributed by atoms with Crippen LogP contribution in [0.3, 0.4) is 0 Å². The van der Waals surface area contributed by atoms with Crippen molar-refractivity contribution in [3.05, 3.63) is 71.6 Å². The zero-order valence-electron chi connectivity index (χ0n) is 20.9. The molecular formula is C25H23N3O10S2. The van der Waals surface area contributed by atoms with Gasteiger partial charge in [0.15, 0.2) is 0 Å². The van der Waals surface area contributed by atoms with E-state index < -0.39 is 27.2 Å². The Bertz CT molecular complexity index is 1760. The first-order valence-corrected chi connectivity index (χ1v) is 13.2. The molecule has 1 heterocycles. The lowest BCUT2D eigenvalue weighted by molar-refractivity contribution is -0.137. The number of nitrogens with zero attached hydrogens (tertiary/aromatic N) is 1. The third kappa shape index (κ3) is 8.85. The first-order chi connectivity index (χ1) is 18.8. The van der Waals surface area contributed by atoms with Crippen molar-refractivity contribution in [2.45, 2.75) is 12.8 Å². The van der Waals surface area contributed by atoms with Crippen LogP contribution in [-0.2, 0) is 26.0 Å². The number of fused-ring (bicyclic) bond motifs is 2. The third-order valence-corrected chi connectivity index (χ3v) is 5.40. The highest BCUT2D eigenvalue weighted by Gasteiger charge is 2.22. The van der Waals surface area contributed by atoms with Crippen LogP contribution in [0.1, 0.15) is 23.2 Å². The summed E-state index contributed by atoms with van der Waals surface area (Å²) in [5, 5.41) is 18.0. The van der Waals surface area contributed by atoms with E-state index in [9.17, 15) is 9.59 Å². The van der Waals surface area contributed by atoms with Crippen LogP contribution < -0.4 is 11.1 Å². The molecule has 0 saturated carbocycles. The summed E-state index contributed by atoms with van der Waals surface area (Å²) in [6.45, 7) is 0.337. The molecule has 0 unspecified atom stereocenters. The first-order valence-electron chi connectivity index (χ1n) is 11.2. The van der Waals surface area contributed by atoms with Gasteiger partial charge in [0.1, 0.15) is 11.3 Å². The number of aliphatic carboxylic acids is 1. The SMILES string of the molecule is CN(CCCC(=O)O)C(=O)c1ccccc1-c1c2ccc(=N)cc-2oc2cc(N)ccc12.O=S(=O)=O.O=S(=O)=O. The van der Waals surface area contributed by atoms with Crippen LogP contribution in [0.15, 0.2) is 65.1 Å². The minimum atomic E-state index is -3.11. The van der Waals surface area contributed by atoms with E-state index in [0.29, 0.717) is 40.9 Å². The summed E-state index contributed by atoms with van der Waals surface area (Å²) < 4.78 is 56.7. The van der Waals surface area contributed by atoms with Crippen LogP contribution in [0.2, 0.25) is 0 Å². The van der Waals surface area contributed by atoms with Crippen LogP contribution in [0.4, 0.5) is 5.69 Å². The number of carbonyl (C=O) groups is 2. The van der Waals surface area contributed by atoms with E-state index in [-0.39, 0.29) is 12.3 Å². The molecule has 0 aromatic heterocycles. The first kappa shape index (κ1) is 31.3. The summed E-state index contributed by atoms with van der Waals surface area (Å²) in [4.78, 5) is 25.7. The second-order valence-corrected chi connectivity index (χ2v) is 8.94. The van der Waals surface area contributed by atoms with E-state index in [4.69, 9.17) is 45.9 Å². The van der Waals surface area contributed by atoms with Gasteiger partial charge in [-0.15, -0.1) is 25.3 Å². The zero-order chi connectivity index (χ0) is 30.0. The van der Waals surface area contributed by atoms with E-state index in [1.807, 2.05) is 24.3 Å². The lowest BCUT2D eigenvalue weighted by Gasteiger charge is -2.21. The average molecular weight is 590 g/mol. The lowest BCUT2D eigenvalue weighted by Crippen LogP contribution is -2.28. The Morgan fingerprint density at radius 3 is 2.17 bits per heavy atom. The van der Waals surface area contributed by atoms with Gasteiger partial charge in [0.25, 0.3) is 5.91 Å². The maximum Gasteiger partial charge on any atom is 0.425 e. The van der Waals surface area contributed by atoms with Crippen LogP contribution in [0, 0.1) is 5.41 Å². The predicted octanol–water partition coefficient (Wildman–Crippen LogP) is 2.19. The molecule has 0 atom stereocenters. The molecule has 2 aromatic carbocycles.